The summed E-state index contributed by atoms with van der Waals surface area (Å²) in [7, 11) is 0. The number of rotatable bonds is 8. The summed E-state index contributed by atoms with van der Waals surface area (Å²) in [5.41, 5.74) is 13.0. The van der Waals surface area contributed by atoms with Crippen LogP contribution in [0.3, 0.4) is 0 Å². The molecule has 0 heterocycles. The van der Waals surface area contributed by atoms with Gasteiger partial charge in [-0.05, 0) is 48.5 Å². The van der Waals surface area contributed by atoms with E-state index < -0.39 is 6.04 Å². The van der Waals surface area contributed by atoms with Crippen LogP contribution in [0.2, 0.25) is 10.0 Å². The molecule has 0 aliphatic heterocycles. The first-order valence-corrected chi connectivity index (χ1v) is 9.23. The SMILES string of the molecule is N/C=C\C=C/CC(N)/C=C(\O)C(Nc1ccc(Cl)c(Cl)c1)c1ccccc1. The summed E-state index contributed by atoms with van der Waals surface area (Å²) >= 11 is 12.1. The fourth-order valence-electron chi connectivity index (χ4n) is 2.49. The van der Waals surface area contributed by atoms with Crippen molar-refractivity contribution < 1.29 is 5.11 Å². The molecule has 0 fully saturated rings. The third-order valence-corrected chi connectivity index (χ3v) is 4.55. The smallest absolute Gasteiger partial charge is 0.117 e. The van der Waals surface area contributed by atoms with Crippen molar-refractivity contribution in [1.29, 1.82) is 0 Å². The quantitative estimate of drug-likeness (QED) is 0.354. The second kappa shape index (κ2) is 10.7. The maximum Gasteiger partial charge on any atom is 0.117 e. The minimum Gasteiger partial charge on any atom is -0.510 e. The van der Waals surface area contributed by atoms with Crippen molar-refractivity contribution in [3.05, 3.63) is 100 Å². The fraction of sp³-hybridized carbons (Fsp3) is 0.143. The summed E-state index contributed by atoms with van der Waals surface area (Å²) < 4.78 is 0. The van der Waals surface area contributed by atoms with Crippen LogP contribution in [0, 0.1) is 0 Å². The van der Waals surface area contributed by atoms with Crippen LogP contribution in [0.25, 0.3) is 0 Å². The molecular formula is C21H23Cl2N3O. The maximum atomic E-state index is 10.7. The van der Waals surface area contributed by atoms with E-state index in [0.717, 1.165) is 11.3 Å². The number of halogens is 2. The van der Waals surface area contributed by atoms with E-state index >= 15 is 0 Å². The van der Waals surface area contributed by atoms with Crippen molar-refractivity contribution in [1.82, 2.24) is 0 Å². The van der Waals surface area contributed by atoms with Crippen molar-refractivity contribution in [2.45, 2.75) is 18.5 Å². The summed E-state index contributed by atoms with van der Waals surface area (Å²) in [5.74, 6) is 0.127. The summed E-state index contributed by atoms with van der Waals surface area (Å²) in [6.45, 7) is 0. The van der Waals surface area contributed by atoms with Crippen molar-refractivity contribution in [2.24, 2.45) is 11.5 Å². The monoisotopic (exact) mass is 403 g/mol. The summed E-state index contributed by atoms with van der Waals surface area (Å²) in [5, 5.41) is 14.9. The number of benzene rings is 2. The van der Waals surface area contributed by atoms with E-state index in [1.54, 1.807) is 30.4 Å². The fourth-order valence-corrected chi connectivity index (χ4v) is 2.79. The molecule has 0 saturated heterocycles. The van der Waals surface area contributed by atoms with E-state index in [4.69, 9.17) is 34.7 Å². The van der Waals surface area contributed by atoms with Gasteiger partial charge in [0, 0.05) is 11.7 Å². The van der Waals surface area contributed by atoms with E-state index in [1.807, 2.05) is 42.5 Å². The first-order valence-electron chi connectivity index (χ1n) is 8.47. The Hall–Kier alpha value is -2.40. The summed E-state index contributed by atoms with van der Waals surface area (Å²) in [6, 6.07) is 14.0. The number of hydrogen-bond acceptors (Lipinski definition) is 4. The van der Waals surface area contributed by atoms with E-state index in [1.165, 1.54) is 6.20 Å². The second-order valence-electron chi connectivity index (χ2n) is 5.92. The number of anilines is 1. The molecule has 0 aliphatic rings. The zero-order valence-corrected chi connectivity index (χ0v) is 16.2. The Morgan fingerprint density at radius 1 is 1.07 bits per heavy atom. The standard InChI is InChI=1S/C21H23Cl2N3O/c22-18-11-10-17(14-19(18)23)26-21(15-7-3-1-4-8-15)20(27)13-16(25)9-5-2-6-12-24/h1-8,10-14,16,21,26-27H,9,24-25H2/b5-2-,12-6-,20-13-. The van der Waals surface area contributed by atoms with Gasteiger partial charge in [0.05, 0.1) is 10.0 Å². The van der Waals surface area contributed by atoms with Gasteiger partial charge in [-0.3, -0.25) is 0 Å². The van der Waals surface area contributed by atoms with Crippen LogP contribution in [0.1, 0.15) is 18.0 Å². The van der Waals surface area contributed by atoms with E-state index in [0.29, 0.717) is 16.5 Å². The van der Waals surface area contributed by atoms with Gasteiger partial charge in [-0.1, -0.05) is 65.7 Å². The van der Waals surface area contributed by atoms with Crippen LogP contribution >= 0.6 is 23.2 Å². The van der Waals surface area contributed by atoms with E-state index in [9.17, 15) is 5.11 Å². The summed E-state index contributed by atoms with van der Waals surface area (Å²) in [4.78, 5) is 0. The van der Waals surface area contributed by atoms with Crippen molar-refractivity contribution >= 4 is 28.9 Å². The van der Waals surface area contributed by atoms with E-state index in [-0.39, 0.29) is 11.8 Å². The van der Waals surface area contributed by atoms with Crippen LogP contribution in [-0.4, -0.2) is 11.1 Å². The molecule has 0 radical (unpaired) electrons. The lowest BCUT2D eigenvalue weighted by Crippen LogP contribution is -2.20. The van der Waals surface area contributed by atoms with Gasteiger partial charge in [0.2, 0.25) is 0 Å². The zero-order chi connectivity index (χ0) is 19.6. The molecule has 2 unspecified atom stereocenters. The largest absolute Gasteiger partial charge is 0.510 e. The Morgan fingerprint density at radius 3 is 2.48 bits per heavy atom. The van der Waals surface area contributed by atoms with Crippen LogP contribution < -0.4 is 16.8 Å². The normalized spacial score (nSPS) is 14.6. The molecule has 142 valence electrons. The minimum absolute atomic E-state index is 0.127. The molecule has 0 bridgehead atoms. The molecule has 4 nitrogen and oxygen atoms in total. The molecule has 2 aromatic carbocycles. The number of allylic oxidation sites excluding steroid dienone is 2. The molecule has 6 heteroatoms. The third kappa shape index (κ3) is 6.68. The maximum absolute atomic E-state index is 10.7. The van der Waals surface area contributed by atoms with Crippen LogP contribution in [0.15, 0.2) is 84.8 Å². The van der Waals surface area contributed by atoms with Gasteiger partial charge in [0.1, 0.15) is 11.8 Å². The van der Waals surface area contributed by atoms with Gasteiger partial charge >= 0.3 is 0 Å². The summed E-state index contributed by atoms with van der Waals surface area (Å²) in [6.07, 6.45) is 9.08. The predicted octanol–water partition coefficient (Wildman–Crippen LogP) is 5.33. The number of aliphatic hydroxyl groups excluding tert-OH is 1. The Kier molecular flexibility index (Phi) is 8.27. The Morgan fingerprint density at radius 2 is 1.81 bits per heavy atom. The highest BCUT2D eigenvalue weighted by Crippen LogP contribution is 2.30. The van der Waals surface area contributed by atoms with Crippen molar-refractivity contribution in [2.75, 3.05) is 5.32 Å². The van der Waals surface area contributed by atoms with E-state index in [2.05, 4.69) is 5.32 Å². The number of nitrogens with two attached hydrogens (primary N) is 2. The highest BCUT2D eigenvalue weighted by molar-refractivity contribution is 6.42. The molecule has 0 spiro atoms. The van der Waals surface area contributed by atoms with Gasteiger partial charge in [-0.15, -0.1) is 0 Å². The van der Waals surface area contributed by atoms with Crippen LogP contribution in [0.5, 0.6) is 0 Å². The first-order chi connectivity index (χ1) is 13.0. The molecule has 2 rings (SSSR count). The number of hydrogen-bond donors (Lipinski definition) is 4. The van der Waals surface area contributed by atoms with Gasteiger partial charge < -0.3 is 21.9 Å². The molecule has 6 N–H and O–H groups in total. The third-order valence-electron chi connectivity index (χ3n) is 3.81. The molecule has 27 heavy (non-hydrogen) atoms. The number of aliphatic hydroxyl groups is 1. The second-order valence-corrected chi connectivity index (χ2v) is 6.74. The number of nitrogens with one attached hydrogen (secondary N) is 1. The van der Waals surface area contributed by atoms with Gasteiger partial charge in [0.15, 0.2) is 0 Å². The van der Waals surface area contributed by atoms with Gasteiger partial charge in [0.25, 0.3) is 0 Å². The molecule has 0 aromatic heterocycles. The highest BCUT2D eigenvalue weighted by atomic mass is 35.5. The first kappa shape index (κ1) is 20.9. The lowest BCUT2D eigenvalue weighted by Gasteiger charge is -2.21. The van der Waals surface area contributed by atoms with Crippen molar-refractivity contribution in [3.8, 4) is 0 Å². The average Bonchev–Trinajstić information content (AvgIpc) is 2.66. The highest BCUT2D eigenvalue weighted by Gasteiger charge is 2.17. The Labute approximate surface area is 169 Å². The molecule has 0 amide bonds. The minimum atomic E-state index is -0.470. The predicted molar refractivity (Wildman–Crippen MR) is 115 cm³/mol. The molecule has 0 saturated carbocycles. The van der Waals surface area contributed by atoms with Crippen LogP contribution in [-0.2, 0) is 0 Å². The Bertz CT molecular complexity index is 819. The lowest BCUT2D eigenvalue weighted by atomic mass is 10.0. The molecular weight excluding hydrogens is 381 g/mol. The molecule has 0 aliphatic carbocycles. The molecule has 2 aromatic rings. The molecule has 2 atom stereocenters. The lowest BCUT2D eigenvalue weighted by molar-refractivity contribution is 0.373. The van der Waals surface area contributed by atoms with Gasteiger partial charge in [-0.2, -0.15) is 0 Å². The topological polar surface area (TPSA) is 84.3 Å². The van der Waals surface area contributed by atoms with Crippen LogP contribution in [0.4, 0.5) is 5.69 Å². The Balaban J connectivity index is 2.23. The zero-order valence-electron chi connectivity index (χ0n) is 14.7. The van der Waals surface area contributed by atoms with Gasteiger partial charge in [-0.25, -0.2) is 0 Å². The average molecular weight is 404 g/mol. The van der Waals surface area contributed by atoms with Crippen molar-refractivity contribution in [3.63, 3.8) is 0 Å².